The quantitative estimate of drug-likeness (QED) is 0.632. The van der Waals surface area contributed by atoms with Gasteiger partial charge in [0.25, 0.3) is 0 Å². The van der Waals surface area contributed by atoms with Crippen LogP contribution in [0.4, 0.5) is 11.4 Å². The number of nitrogens with one attached hydrogen (secondary N) is 2. The molecule has 0 bridgehead atoms. The lowest BCUT2D eigenvalue weighted by Crippen LogP contribution is -1.93. The van der Waals surface area contributed by atoms with E-state index in [1.807, 2.05) is 61.5 Å². The van der Waals surface area contributed by atoms with Crippen molar-refractivity contribution in [2.45, 2.75) is 6.92 Å². The van der Waals surface area contributed by atoms with Crippen LogP contribution < -0.4 is 10.9 Å². The van der Waals surface area contributed by atoms with Crippen molar-refractivity contribution < 1.29 is 0 Å². The second kappa shape index (κ2) is 6.96. The molecule has 0 saturated heterocycles. The zero-order chi connectivity index (χ0) is 13.3. The van der Waals surface area contributed by atoms with E-state index in [2.05, 4.69) is 21.1 Å². The van der Waals surface area contributed by atoms with E-state index in [1.54, 1.807) is 12.4 Å². The molecule has 0 spiro atoms. The van der Waals surface area contributed by atoms with Crippen LogP contribution in [0.1, 0.15) is 5.56 Å². The predicted molar refractivity (Wildman–Crippen MR) is 81.9 cm³/mol. The van der Waals surface area contributed by atoms with E-state index in [9.17, 15) is 0 Å². The summed E-state index contributed by atoms with van der Waals surface area (Å²) in [5, 5.41) is 8.10. The van der Waals surface area contributed by atoms with Gasteiger partial charge in [0, 0.05) is 0 Å². The Morgan fingerprint density at radius 1 is 0.789 bits per heavy atom. The van der Waals surface area contributed by atoms with Crippen LogP contribution in [0.5, 0.6) is 0 Å². The van der Waals surface area contributed by atoms with E-state index in [0.29, 0.717) is 0 Å². The van der Waals surface area contributed by atoms with Gasteiger partial charge >= 0.3 is 0 Å². The Kier molecular flexibility index (Phi) is 4.70. The summed E-state index contributed by atoms with van der Waals surface area (Å²) in [6.07, 6.45) is 3.20. The number of aryl methyl sites for hydroxylation is 1. The SMILES string of the molecule is Cc1ccccc1NN=CC=NNc1ccccc1. The smallest absolute Gasteiger partial charge is 0.0673 e. The number of anilines is 2. The molecule has 0 fully saturated rings. The molecule has 2 N–H and O–H groups in total. The van der Waals surface area contributed by atoms with Crippen LogP contribution >= 0.6 is 0 Å². The van der Waals surface area contributed by atoms with Gasteiger partial charge in [0.2, 0.25) is 0 Å². The maximum atomic E-state index is 4.07. The van der Waals surface area contributed by atoms with Crippen molar-refractivity contribution in [1.29, 1.82) is 0 Å². The van der Waals surface area contributed by atoms with Gasteiger partial charge in [0.15, 0.2) is 0 Å². The van der Waals surface area contributed by atoms with Crippen molar-refractivity contribution >= 4 is 23.8 Å². The summed E-state index contributed by atoms with van der Waals surface area (Å²) in [4.78, 5) is 0. The minimum atomic E-state index is 0.944. The van der Waals surface area contributed by atoms with Crippen LogP contribution in [0, 0.1) is 6.92 Å². The first-order valence-electron chi connectivity index (χ1n) is 6.03. The molecule has 2 aromatic carbocycles. The van der Waals surface area contributed by atoms with Crippen LogP contribution in [0.3, 0.4) is 0 Å². The minimum absolute atomic E-state index is 0.944. The number of hydrazone groups is 2. The van der Waals surface area contributed by atoms with Crippen molar-refractivity contribution in [3.8, 4) is 0 Å². The Morgan fingerprint density at radius 2 is 1.42 bits per heavy atom. The normalized spacial score (nSPS) is 11.0. The van der Waals surface area contributed by atoms with E-state index in [0.717, 1.165) is 16.9 Å². The minimum Gasteiger partial charge on any atom is -0.278 e. The van der Waals surface area contributed by atoms with E-state index in [-0.39, 0.29) is 0 Å². The zero-order valence-electron chi connectivity index (χ0n) is 10.7. The Hall–Kier alpha value is -2.62. The van der Waals surface area contributed by atoms with Crippen molar-refractivity contribution in [1.82, 2.24) is 0 Å². The summed E-state index contributed by atoms with van der Waals surface area (Å²) in [6, 6.07) is 17.7. The third kappa shape index (κ3) is 4.27. The molecule has 0 saturated carbocycles. The Labute approximate surface area is 112 Å². The highest BCUT2D eigenvalue weighted by Gasteiger charge is 1.91. The standard InChI is InChI=1S/C15H16N4/c1-13-7-5-6-10-15(13)19-17-12-11-16-18-14-8-3-2-4-9-14/h2-12,18-19H,1H3. The fourth-order valence-electron chi connectivity index (χ4n) is 1.50. The number of benzene rings is 2. The third-order valence-electron chi connectivity index (χ3n) is 2.51. The average molecular weight is 252 g/mol. The second-order valence-electron chi connectivity index (χ2n) is 3.96. The summed E-state index contributed by atoms with van der Waals surface area (Å²) in [5.41, 5.74) is 8.95. The first-order valence-corrected chi connectivity index (χ1v) is 6.03. The Balaban J connectivity index is 1.79. The number of rotatable bonds is 5. The molecule has 19 heavy (non-hydrogen) atoms. The molecule has 0 aliphatic carbocycles. The van der Waals surface area contributed by atoms with Crippen LogP contribution in [0.15, 0.2) is 64.8 Å². The Morgan fingerprint density at radius 3 is 2.16 bits per heavy atom. The van der Waals surface area contributed by atoms with Gasteiger partial charge in [0.1, 0.15) is 0 Å². The van der Waals surface area contributed by atoms with Gasteiger partial charge in [-0.1, -0.05) is 36.4 Å². The number of hydrogen-bond donors (Lipinski definition) is 2. The van der Waals surface area contributed by atoms with E-state index in [1.165, 1.54) is 0 Å². The van der Waals surface area contributed by atoms with Gasteiger partial charge < -0.3 is 0 Å². The summed E-state index contributed by atoms with van der Waals surface area (Å²) in [6.45, 7) is 2.03. The molecule has 0 aliphatic rings. The largest absolute Gasteiger partial charge is 0.278 e. The van der Waals surface area contributed by atoms with Crippen LogP contribution in [-0.2, 0) is 0 Å². The van der Waals surface area contributed by atoms with Crippen molar-refractivity contribution in [3.63, 3.8) is 0 Å². The molecule has 0 heterocycles. The fourth-order valence-corrected chi connectivity index (χ4v) is 1.50. The van der Waals surface area contributed by atoms with E-state index in [4.69, 9.17) is 0 Å². The van der Waals surface area contributed by atoms with Crippen molar-refractivity contribution in [3.05, 3.63) is 60.2 Å². The number of nitrogens with zero attached hydrogens (tertiary/aromatic N) is 2. The molecule has 2 rings (SSSR count). The van der Waals surface area contributed by atoms with Crippen molar-refractivity contribution in [2.24, 2.45) is 10.2 Å². The van der Waals surface area contributed by atoms with Gasteiger partial charge in [-0.3, -0.25) is 10.9 Å². The van der Waals surface area contributed by atoms with Crippen molar-refractivity contribution in [2.75, 3.05) is 10.9 Å². The molecule has 0 radical (unpaired) electrons. The second-order valence-corrected chi connectivity index (χ2v) is 3.96. The number of hydrogen-bond acceptors (Lipinski definition) is 4. The summed E-state index contributed by atoms with van der Waals surface area (Å²) < 4.78 is 0. The molecule has 0 aliphatic heterocycles. The monoisotopic (exact) mass is 252 g/mol. The van der Waals surface area contributed by atoms with Gasteiger partial charge in [-0.2, -0.15) is 10.2 Å². The first-order chi connectivity index (χ1) is 9.36. The molecule has 4 nitrogen and oxygen atoms in total. The highest BCUT2D eigenvalue weighted by molar-refractivity contribution is 6.16. The van der Waals surface area contributed by atoms with Gasteiger partial charge in [-0.25, -0.2) is 0 Å². The highest BCUT2D eigenvalue weighted by Crippen LogP contribution is 2.12. The molecule has 0 atom stereocenters. The van der Waals surface area contributed by atoms with Gasteiger partial charge in [-0.15, -0.1) is 0 Å². The topological polar surface area (TPSA) is 48.8 Å². The molecule has 96 valence electrons. The lowest BCUT2D eigenvalue weighted by atomic mass is 10.2. The maximum absolute atomic E-state index is 4.07. The number of para-hydroxylation sites is 2. The van der Waals surface area contributed by atoms with Gasteiger partial charge in [-0.05, 0) is 30.7 Å². The predicted octanol–water partition coefficient (Wildman–Crippen LogP) is 3.49. The van der Waals surface area contributed by atoms with Crippen LogP contribution in [0.25, 0.3) is 0 Å². The molecular weight excluding hydrogens is 236 g/mol. The molecule has 0 amide bonds. The lowest BCUT2D eigenvalue weighted by molar-refractivity contribution is 1.31. The van der Waals surface area contributed by atoms with Crippen LogP contribution in [0.2, 0.25) is 0 Å². The highest BCUT2D eigenvalue weighted by atomic mass is 15.3. The third-order valence-corrected chi connectivity index (χ3v) is 2.51. The summed E-state index contributed by atoms with van der Waals surface area (Å²) in [7, 11) is 0. The lowest BCUT2D eigenvalue weighted by Gasteiger charge is -2.02. The maximum Gasteiger partial charge on any atom is 0.0673 e. The first kappa shape index (κ1) is 12.8. The molecule has 0 aromatic heterocycles. The van der Waals surface area contributed by atoms with Crippen LogP contribution in [-0.4, -0.2) is 12.4 Å². The van der Waals surface area contributed by atoms with Gasteiger partial charge in [0.05, 0.1) is 23.8 Å². The summed E-state index contributed by atoms with van der Waals surface area (Å²) in [5.74, 6) is 0. The van der Waals surface area contributed by atoms with E-state index < -0.39 is 0 Å². The molecule has 2 aromatic rings. The average Bonchev–Trinajstić information content (AvgIpc) is 2.45. The fraction of sp³-hybridized carbons (Fsp3) is 0.0667. The molecule has 4 heteroatoms. The van der Waals surface area contributed by atoms with E-state index >= 15 is 0 Å². The molecule has 0 unspecified atom stereocenters. The molecular formula is C15H16N4. The Bertz CT molecular complexity index is 561. The zero-order valence-corrected chi connectivity index (χ0v) is 10.7. The summed E-state index contributed by atoms with van der Waals surface area (Å²) >= 11 is 0.